The molecule has 5 heteroatoms. The molecule has 0 radical (unpaired) electrons. The molecule has 1 atom stereocenters. The van der Waals surface area contributed by atoms with Crippen LogP contribution in [0.2, 0.25) is 0 Å². The van der Waals surface area contributed by atoms with E-state index < -0.39 is 6.23 Å². The molecular weight excluding hydrogens is 374 g/mol. The summed E-state index contributed by atoms with van der Waals surface area (Å²) in [5.74, 6) is 0.232. The third kappa shape index (κ3) is 3.20. The van der Waals surface area contributed by atoms with Gasteiger partial charge in [-0.3, -0.25) is 4.79 Å². The molecule has 1 aromatic heterocycles. The molecule has 1 amide bonds. The number of aromatic nitrogens is 1. The Balaban J connectivity index is 1.65. The first kappa shape index (κ1) is 18.1. The minimum Gasteiger partial charge on any atom is -0.446 e. The highest BCUT2D eigenvalue weighted by atomic mass is 16.5. The van der Waals surface area contributed by atoms with Crippen LogP contribution in [0.25, 0.3) is 22.2 Å². The second-order valence-corrected chi connectivity index (χ2v) is 7.09. The van der Waals surface area contributed by atoms with E-state index in [2.05, 4.69) is 5.10 Å². The average molecular weight is 393 g/mol. The van der Waals surface area contributed by atoms with Gasteiger partial charge in [0, 0.05) is 29.0 Å². The minimum atomic E-state index is -0.592. The second kappa shape index (κ2) is 7.44. The molecule has 5 nitrogen and oxygen atoms in total. The molecule has 0 saturated carbocycles. The quantitative estimate of drug-likeness (QED) is 0.484. The number of hydrazone groups is 1. The highest BCUT2D eigenvalue weighted by Gasteiger charge is 2.33. The lowest BCUT2D eigenvalue weighted by Gasteiger charge is -2.19. The Morgan fingerprint density at radius 3 is 2.30 bits per heavy atom. The van der Waals surface area contributed by atoms with Crippen molar-refractivity contribution >= 4 is 22.7 Å². The molecule has 4 aromatic rings. The van der Waals surface area contributed by atoms with E-state index in [4.69, 9.17) is 9.72 Å². The molecule has 1 aliphatic heterocycles. The Hall–Kier alpha value is -3.99. The molecule has 146 valence electrons. The Morgan fingerprint density at radius 2 is 1.57 bits per heavy atom. The minimum absolute atomic E-state index is 0.180. The van der Waals surface area contributed by atoms with E-state index in [0.29, 0.717) is 5.90 Å². The maximum absolute atomic E-state index is 12.3. The molecule has 3 aromatic carbocycles. The number of carbonyl (C=O) groups excluding carboxylic acids is 1. The van der Waals surface area contributed by atoms with Crippen LogP contribution in [-0.4, -0.2) is 21.8 Å². The van der Waals surface area contributed by atoms with Crippen LogP contribution in [0.3, 0.4) is 0 Å². The number of pyridine rings is 1. The van der Waals surface area contributed by atoms with E-state index in [1.54, 1.807) is 0 Å². The molecular formula is C25H19N3O2. The number of hydrogen-bond donors (Lipinski definition) is 0. The summed E-state index contributed by atoms with van der Waals surface area (Å²) >= 11 is 0. The van der Waals surface area contributed by atoms with Crippen LogP contribution in [0.1, 0.15) is 24.3 Å². The van der Waals surface area contributed by atoms with Gasteiger partial charge in [0.1, 0.15) is 0 Å². The molecule has 0 saturated heterocycles. The third-order valence-corrected chi connectivity index (χ3v) is 5.07. The number of benzene rings is 3. The van der Waals surface area contributed by atoms with E-state index in [-0.39, 0.29) is 5.91 Å². The van der Waals surface area contributed by atoms with Crippen LogP contribution in [0.5, 0.6) is 0 Å². The second-order valence-electron chi connectivity index (χ2n) is 7.09. The van der Waals surface area contributed by atoms with Crippen LogP contribution in [0, 0.1) is 0 Å². The smallest absolute Gasteiger partial charge is 0.243 e. The highest BCUT2D eigenvalue weighted by molar-refractivity contribution is 6.08. The lowest BCUT2D eigenvalue weighted by atomic mass is 10.0. The topological polar surface area (TPSA) is 54.8 Å². The first-order valence-electron chi connectivity index (χ1n) is 9.76. The number of hydrogen-bond acceptors (Lipinski definition) is 4. The van der Waals surface area contributed by atoms with Gasteiger partial charge in [-0.15, -0.1) is 5.10 Å². The maximum Gasteiger partial charge on any atom is 0.243 e. The van der Waals surface area contributed by atoms with Crippen LogP contribution >= 0.6 is 0 Å². The Kier molecular flexibility index (Phi) is 4.48. The summed E-state index contributed by atoms with van der Waals surface area (Å²) in [6.07, 6.45) is -0.592. The van der Waals surface area contributed by atoms with Gasteiger partial charge in [0.05, 0.1) is 11.2 Å². The lowest BCUT2D eigenvalue weighted by Crippen LogP contribution is -2.25. The van der Waals surface area contributed by atoms with E-state index in [1.165, 1.54) is 11.9 Å². The van der Waals surface area contributed by atoms with E-state index in [1.807, 2.05) is 91.0 Å². The van der Waals surface area contributed by atoms with Crippen LogP contribution in [0.4, 0.5) is 0 Å². The van der Waals surface area contributed by atoms with Crippen molar-refractivity contribution in [3.63, 3.8) is 0 Å². The van der Waals surface area contributed by atoms with Gasteiger partial charge in [0.2, 0.25) is 18.0 Å². The normalized spacial score (nSPS) is 15.7. The molecule has 0 aliphatic carbocycles. The predicted molar refractivity (Wildman–Crippen MR) is 117 cm³/mol. The highest BCUT2D eigenvalue weighted by Crippen LogP contribution is 2.33. The number of ether oxygens (including phenoxy) is 1. The molecule has 0 bridgehead atoms. The first-order chi connectivity index (χ1) is 14.7. The van der Waals surface area contributed by atoms with Gasteiger partial charge in [0.15, 0.2) is 0 Å². The third-order valence-electron chi connectivity index (χ3n) is 5.07. The molecule has 1 aliphatic rings. The molecule has 30 heavy (non-hydrogen) atoms. The number of carbonyl (C=O) groups is 1. The van der Waals surface area contributed by atoms with Gasteiger partial charge in [-0.25, -0.2) is 4.98 Å². The monoisotopic (exact) mass is 393 g/mol. The van der Waals surface area contributed by atoms with Crippen LogP contribution < -0.4 is 0 Å². The van der Waals surface area contributed by atoms with Gasteiger partial charge in [-0.2, -0.15) is 5.01 Å². The van der Waals surface area contributed by atoms with Crippen molar-refractivity contribution in [2.45, 2.75) is 13.2 Å². The number of rotatable bonds is 3. The number of fused-ring (bicyclic) bond motifs is 1. The van der Waals surface area contributed by atoms with Gasteiger partial charge in [-0.1, -0.05) is 78.9 Å². The van der Waals surface area contributed by atoms with Crippen molar-refractivity contribution in [1.82, 2.24) is 9.99 Å². The fraction of sp³-hybridized carbons (Fsp3) is 0.0800. The summed E-state index contributed by atoms with van der Waals surface area (Å²) in [6, 6.07) is 29.5. The van der Waals surface area contributed by atoms with Crippen molar-refractivity contribution in [2.75, 3.05) is 0 Å². The van der Waals surface area contributed by atoms with Crippen molar-refractivity contribution in [3.05, 3.63) is 102 Å². The van der Waals surface area contributed by atoms with Crippen molar-refractivity contribution < 1.29 is 9.53 Å². The van der Waals surface area contributed by atoms with Gasteiger partial charge in [0.25, 0.3) is 0 Å². The Bertz CT molecular complexity index is 1250. The molecule has 2 heterocycles. The maximum atomic E-state index is 12.3. The van der Waals surface area contributed by atoms with E-state index >= 15 is 0 Å². The average Bonchev–Trinajstić information content (AvgIpc) is 3.25. The van der Waals surface area contributed by atoms with Crippen LogP contribution in [-0.2, 0) is 9.53 Å². The first-order valence-corrected chi connectivity index (χ1v) is 9.76. The van der Waals surface area contributed by atoms with Crippen LogP contribution in [0.15, 0.2) is 96.1 Å². The van der Waals surface area contributed by atoms with Crippen molar-refractivity contribution in [2.24, 2.45) is 5.10 Å². The van der Waals surface area contributed by atoms with Gasteiger partial charge >= 0.3 is 0 Å². The summed E-state index contributed by atoms with van der Waals surface area (Å²) in [5, 5.41) is 6.87. The van der Waals surface area contributed by atoms with Crippen molar-refractivity contribution in [3.8, 4) is 11.3 Å². The zero-order valence-corrected chi connectivity index (χ0v) is 16.4. The number of nitrogens with zero attached hydrogens (tertiary/aromatic N) is 3. The summed E-state index contributed by atoms with van der Waals surface area (Å²) < 4.78 is 6.23. The van der Waals surface area contributed by atoms with Crippen molar-refractivity contribution in [1.29, 1.82) is 0 Å². The Labute approximate surface area is 174 Å². The summed E-state index contributed by atoms with van der Waals surface area (Å²) in [7, 11) is 0. The fourth-order valence-corrected chi connectivity index (χ4v) is 3.62. The molecule has 0 spiro atoms. The predicted octanol–water partition coefficient (Wildman–Crippen LogP) is 5.14. The summed E-state index contributed by atoms with van der Waals surface area (Å²) in [4.78, 5) is 17.1. The van der Waals surface area contributed by atoms with E-state index in [9.17, 15) is 4.79 Å². The van der Waals surface area contributed by atoms with Gasteiger partial charge in [-0.05, 0) is 12.1 Å². The summed E-state index contributed by atoms with van der Waals surface area (Å²) in [5.41, 5.74) is 4.36. The molecule has 0 unspecified atom stereocenters. The Morgan fingerprint density at radius 1 is 0.900 bits per heavy atom. The molecule has 5 rings (SSSR count). The fourth-order valence-electron chi connectivity index (χ4n) is 3.62. The lowest BCUT2D eigenvalue weighted by molar-refractivity contribution is -0.135. The summed E-state index contributed by atoms with van der Waals surface area (Å²) in [6.45, 7) is 1.49. The molecule has 0 N–H and O–H groups in total. The SMILES string of the molecule is CC(=O)N1N=C(c2cc(-c3ccccc3)nc3ccccc23)O[C@H]1c1ccccc1. The molecule has 0 fully saturated rings. The number of para-hydroxylation sites is 1. The number of amides is 1. The zero-order chi connectivity index (χ0) is 20.5. The van der Waals surface area contributed by atoms with E-state index in [0.717, 1.165) is 33.3 Å². The largest absolute Gasteiger partial charge is 0.446 e. The zero-order valence-electron chi connectivity index (χ0n) is 16.4. The standard InChI is InChI=1S/C25H19N3O2/c1-17(29)28-25(19-12-6-3-7-13-19)30-24(27-28)21-16-23(18-10-4-2-5-11-18)26-22-15-9-8-14-20(21)22/h2-16,25H,1H3/t25-/m0/s1. The van der Waals surface area contributed by atoms with Gasteiger partial charge < -0.3 is 4.74 Å².